The maximum atomic E-state index is 11.6. The number of sulfonamides is 1. The van der Waals surface area contributed by atoms with Crippen molar-refractivity contribution >= 4 is 15.9 Å². The standard InChI is InChI=1S/C12H26N2O3S/c1-6-10(3)13-12(15)8-9-14(11(4)7-2)18(5,16)17/h10-11H,6-9H2,1-5H3,(H,13,15). The SMILES string of the molecule is CCC(C)NC(=O)CCN(C(C)CC)S(C)(=O)=O. The van der Waals surface area contributed by atoms with Gasteiger partial charge in [-0.25, -0.2) is 8.42 Å². The number of hydrogen-bond donors (Lipinski definition) is 1. The molecule has 18 heavy (non-hydrogen) atoms. The van der Waals surface area contributed by atoms with E-state index >= 15 is 0 Å². The van der Waals surface area contributed by atoms with Gasteiger partial charge in [0.25, 0.3) is 0 Å². The molecule has 0 aliphatic rings. The van der Waals surface area contributed by atoms with Crippen LogP contribution in [0.15, 0.2) is 0 Å². The number of nitrogens with zero attached hydrogens (tertiary/aromatic N) is 1. The third kappa shape index (κ3) is 6.35. The van der Waals surface area contributed by atoms with Crippen LogP contribution in [0.3, 0.4) is 0 Å². The van der Waals surface area contributed by atoms with Crippen LogP contribution in [0.1, 0.15) is 47.0 Å². The van der Waals surface area contributed by atoms with Gasteiger partial charge in [-0.15, -0.1) is 0 Å². The van der Waals surface area contributed by atoms with E-state index in [4.69, 9.17) is 0 Å². The van der Waals surface area contributed by atoms with Gasteiger partial charge in [0.05, 0.1) is 6.26 Å². The second-order valence-corrected chi connectivity index (χ2v) is 6.69. The molecule has 0 saturated heterocycles. The van der Waals surface area contributed by atoms with Crippen molar-refractivity contribution in [2.45, 2.75) is 59.0 Å². The van der Waals surface area contributed by atoms with Crippen LogP contribution in [0, 0.1) is 0 Å². The zero-order valence-corrected chi connectivity index (χ0v) is 12.9. The third-order valence-corrected chi connectivity index (χ3v) is 4.48. The molecule has 0 aromatic heterocycles. The number of amides is 1. The zero-order valence-electron chi connectivity index (χ0n) is 12.1. The first-order valence-corrected chi connectivity index (χ1v) is 8.33. The quantitative estimate of drug-likeness (QED) is 0.729. The molecule has 108 valence electrons. The molecule has 0 aromatic carbocycles. The van der Waals surface area contributed by atoms with Gasteiger partial charge in [-0.3, -0.25) is 4.79 Å². The molecule has 0 heterocycles. The number of hydrogen-bond acceptors (Lipinski definition) is 3. The molecule has 0 radical (unpaired) electrons. The summed E-state index contributed by atoms with van der Waals surface area (Å²) < 4.78 is 24.6. The van der Waals surface area contributed by atoms with Gasteiger partial charge in [-0.2, -0.15) is 4.31 Å². The molecule has 0 fully saturated rings. The fourth-order valence-electron chi connectivity index (χ4n) is 1.58. The van der Waals surface area contributed by atoms with Crippen molar-refractivity contribution in [1.29, 1.82) is 0 Å². The van der Waals surface area contributed by atoms with Gasteiger partial charge in [0.1, 0.15) is 0 Å². The molecule has 0 spiro atoms. The summed E-state index contributed by atoms with van der Waals surface area (Å²) in [5.74, 6) is -0.0960. The summed E-state index contributed by atoms with van der Waals surface area (Å²) in [5.41, 5.74) is 0. The van der Waals surface area contributed by atoms with E-state index in [9.17, 15) is 13.2 Å². The Kier molecular flexibility index (Phi) is 7.47. The van der Waals surface area contributed by atoms with Gasteiger partial charge in [-0.05, 0) is 26.7 Å². The Morgan fingerprint density at radius 2 is 1.78 bits per heavy atom. The normalized spacial score (nSPS) is 15.4. The molecule has 2 atom stereocenters. The average Bonchev–Trinajstić information content (AvgIpc) is 2.26. The molecule has 6 heteroatoms. The topological polar surface area (TPSA) is 66.5 Å². The van der Waals surface area contributed by atoms with Crippen LogP contribution in [0.5, 0.6) is 0 Å². The second-order valence-electron chi connectivity index (χ2n) is 4.76. The molecule has 2 unspecified atom stereocenters. The van der Waals surface area contributed by atoms with Crippen molar-refractivity contribution in [3.8, 4) is 0 Å². The molecule has 0 saturated carbocycles. The molecule has 5 nitrogen and oxygen atoms in total. The van der Waals surface area contributed by atoms with E-state index in [1.165, 1.54) is 10.6 Å². The van der Waals surface area contributed by atoms with Crippen LogP contribution in [-0.2, 0) is 14.8 Å². The number of nitrogens with one attached hydrogen (secondary N) is 1. The first-order valence-electron chi connectivity index (χ1n) is 6.48. The lowest BCUT2D eigenvalue weighted by atomic mass is 10.2. The van der Waals surface area contributed by atoms with Crippen LogP contribution in [0.25, 0.3) is 0 Å². The lowest BCUT2D eigenvalue weighted by Crippen LogP contribution is -2.41. The summed E-state index contributed by atoms with van der Waals surface area (Å²) in [4.78, 5) is 11.6. The highest BCUT2D eigenvalue weighted by Crippen LogP contribution is 2.09. The van der Waals surface area contributed by atoms with Crippen molar-refractivity contribution in [3.63, 3.8) is 0 Å². The summed E-state index contributed by atoms with van der Waals surface area (Å²) in [6, 6.07) is 0.0594. The van der Waals surface area contributed by atoms with Crippen molar-refractivity contribution < 1.29 is 13.2 Å². The first-order chi connectivity index (χ1) is 8.22. The van der Waals surface area contributed by atoms with Crippen LogP contribution >= 0.6 is 0 Å². The number of carbonyl (C=O) groups excluding carboxylic acids is 1. The molecular weight excluding hydrogens is 252 g/mol. The third-order valence-electron chi connectivity index (χ3n) is 3.09. The van der Waals surface area contributed by atoms with E-state index in [2.05, 4.69) is 5.32 Å². The maximum Gasteiger partial charge on any atom is 0.221 e. The van der Waals surface area contributed by atoms with Gasteiger partial charge >= 0.3 is 0 Å². The van der Waals surface area contributed by atoms with E-state index in [1.54, 1.807) is 0 Å². The van der Waals surface area contributed by atoms with Crippen molar-refractivity contribution in [2.24, 2.45) is 0 Å². The van der Waals surface area contributed by atoms with E-state index in [0.717, 1.165) is 12.8 Å². The van der Waals surface area contributed by atoms with E-state index in [1.807, 2.05) is 27.7 Å². The molecular formula is C12H26N2O3S. The largest absolute Gasteiger partial charge is 0.354 e. The van der Waals surface area contributed by atoms with Gasteiger partial charge < -0.3 is 5.32 Å². The van der Waals surface area contributed by atoms with E-state index in [0.29, 0.717) is 0 Å². The highest BCUT2D eigenvalue weighted by Gasteiger charge is 2.22. The molecule has 0 rings (SSSR count). The van der Waals surface area contributed by atoms with Crippen LogP contribution in [-0.4, -0.2) is 43.5 Å². The monoisotopic (exact) mass is 278 g/mol. The smallest absolute Gasteiger partial charge is 0.221 e. The predicted octanol–water partition coefficient (Wildman–Crippen LogP) is 1.35. The molecule has 0 aromatic rings. The maximum absolute atomic E-state index is 11.6. The van der Waals surface area contributed by atoms with E-state index < -0.39 is 10.0 Å². The fourth-order valence-corrected chi connectivity index (χ4v) is 2.80. The van der Waals surface area contributed by atoms with Crippen LogP contribution in [0.2, 0.25) is 0 Å². The fraction of sp³-hybridized carbons (Fsp3) is 0.917. The Labute approximate surface area is 111 Å². The Balaban J connectivity index is 4.41. The summed E-state index contributed by atoms with van der Waals surface area (Å²) in [7, 11) is -3.25. The summed E-state index contributed by atoms with van der Waals surface area (Å²) >= 11 is 0. The van der Waals surface area contributed by atoms with Gasteiger partial charge in [0.2, 0.25) is 15.9 Å². The summed E-state index contributed by atoms with van der Waals surface area (Å²) in [5, 5.41) is 2.83. The average molecular weight is 278 g/mol. The van der Waals surface area contributed by atoms with Crippen molar-refractivity contribution in [1.82, 2.24) is 9.62 Å². The predicted molar refractivity (Wildman–Crippen MR) is 73.8 cm³/mol. The first kappa shape index (κ1) is 17.4. The highest BCUT2D eigenvalue weighted by atomic mass is 32.2. The van der Waals surface area contributed by atoms with Gasteiger partial charge in [0.15, 0.2) is 0 Å². The molecule has 0 aliphatic carbocycles. The second kappa shape index (κ2) is 7.74. The Bertz CT molecular complexity index is 354. The minimum Gasteiger partial charge on any atom is -0.354 e. The Morgan fingerprint density at radius 1 is 1.22 bits per heavy atom. The molecule has 0 bridgehead atoms. The van der Waals surface area contributed by atoms with Crippen molar-refractivity contribution in [3.05, 3.63) is 0 Å². The summed E-state index contributed by atoms with van der Waals surface area (Å²) in [6.07, 6.45) is 3.00. The lowest BCUT2D eigenvalue weighted by Gasteiger charge is -2.25. The van der Waals surface area contributed by atoms with Crippen LogP contribution < -0.4 is 5.32 Å². The molecule has 0 aliphatic heterocycles. The van der Waals surface area contributed by atoms with Gasteiger partial charge in [-0.1, -0.05) is 13.8 Å². The highest BCUT2D eigenvalue weighted by molar-refractivity contribution is 7.88. The zero-order chi connectivity index (χ0) is 14.3. The van der Waals surface area contributed by atoms with Crippen molar-refractivity contribution in [2.75, 3.05) is 12.8 Å². The van der Waals surface area contributed by atoms with E-state index in [-0.39, 0.29) is 31.0 Å². The molecule has 1 amide bonds. The minimum absolute atomic E-state index is 0.0728. The minimum atomic E-state index is -3.25. The Hall–Kier alpha value is -0.620. The number of rotatable bonds is 8. The number of carbonyl (C=O) groups is 1. The van der Waals surface area contributed by atoms with Gasteiger partial charge in [0, 0.05) is 25.0 Å². The van der Waals surface area contributed by atoms with Crippen LogP contribution in [0.4, 0.5) is 0 Å². The Morgan fingerprint density at radius 3 is 2.17 bits per heavy atom. The lowest BCUT2D eigenvalue weighted by molar-refractivity contribution is -0.121. The molecule has 1 N–H and O–H groups in total. The summed E-state index contributed by atoms with van der Waals surface area (Å²) in [6.45, 7) is 7.96.